The predicted molar refractivity (Wildman–Crippen MR) is 65.7 cm³/mol. The molecule has 0 aliphatic carbocycles. The number of ether oxygens (including phenoxy) is 1. The molecule has 0 heterocycles. The van der Waals surface area contributed by atoms with E-state index in [9.17, 15) is 0 Å². The molecular weight excluding hydrogens is 184 g/mol. The molecule has 1 rings (SSSR count). The molecule has 0 N–H and O–H groups in total. The van der Waals surface area contributed by atoms with E-state index >= 15 is 0 Å². The summed E-state index contributed by atoms with van der Waals surface area (Å²) < 4.78 is 5.42. The van der Waals surface area contributed by atoms with Gasteiger partial charge < -0.3 is 4.74 Å². The van der Waals surface area contributed by atoms with Gasteiger partial charge in [0.15, 0.2) is 0 Å². The molecular formula is C14H18O. The first-order valence-electron chi connectivity index (χ1n) is 5.33. The molecule has 0 saturated carbocycles. The first-order chi connectivity index (χ1) is 7.43. The smallest absolute Gasteiger partial charge is 0.0650 e. The van der Waals surface area contributed by atoms with Crippen molar-refractivity contribution in [1.82, 2.24) is 0 Å². The van der Waals surface area contributed by atoms with Crippen molar-refractivity contribution >= 4 is 6.08 Å². The molecule has 0 fully saturated rings. The van der Waals surface area contributed by atoms with E-state index in [0.29, 0.717) is 6.61 Å². The van der Waals surface area contributed by atoms with Gasteiger partial charge in [0, 0.05) is 6.61 Å². The van der Waals surface area contributed by atoms with E-state index < -0.39 is 0 Å². The van der Waals surface area contributed by atoms with Gasteiger partial charge in [0.25, 0.3) is 0 Å². The van der Waals surface area contributed by atoms with Gasteiger partial charge in [0.05, 0.1) is 6.61 Å². The summed E-state index contributed by atoms with van der Waals surface area (Å²) in [5, 5.41) is 0. The third-order valence-corrected chi connectivity index (χ3v) is 2.02. The summed E-state index contributed by atoms with van der Waals surface area (Å²) in [7, 11) is 0. The Bertz CT molecular complexity index is 287. The van der Waals surface area contributed by atoms with Gasteiger partial charge in [-0.2, -0.15) is 0 Å². The van der Waals surface area contributed by atoms with Crippen molar-refractivity contribution in [3.8, 4) is 0 Å². The summed E-state index contributed by atoms with van der Waals surface area (Å²) in [4.78, 5) is 0. The topological polar surface area (TPSA) is 9.23 Å². The number of rotatable bonds is 7. The average Bonchev–Trinajstić information content (AvgIpc) is 2.29. The van der Waals surface area contributed by atoms with E-state index in [4.69, 9.17) is 4.74 Å². The molecule has 0 aliphatic heterocycles. The molecule has 0 aliphatic rings. The Morgan fingerprint density at radius 2 is 2.00 bits per heavy atom. The molecule has 1 aromatic carbocycles. The van der Waals surface area contributed by atoms with Crippen LogP contribution in [0.15, 0.2) is 49.1 Å². The Kier molecular flexibility index (Phi) is 6.26. The maximum absolute atomic E-state index is 5.42. The van der Waals surface area contributed by atoms with Crippen molar-refractivity contribution in [1.29, 1.82) is 0 Å². The first kappa shape index (κ1) is 11.7. The molecule has 0 atom stereocenters. The molecule has 0 bridgehead atoms. The summed E-state index contributed by atoms with van der Waals surface area (Å²) in [6, 6.07) is 10.2. The van der Waals surface area contributed by atoms with Crippen LogP contribution in [0.2, 0.25) is 0 Å². The Labute approximate surface area is 92.1 Å². The number of benzene rings is 1. The summed E-state index contributed by atoms with van der Waals surface area (Å²) in [6.07, 6.45) is 8.13. The normalized spacial score (nSPS) is 10.7. The Morgan fingerprint density at radius 1 is 1.20 bits per heavy atom. The third kappa shape index (κ3) is 5.87. The lowest BCUT2D eigenvalue weighted by atomic mass is 10.2. The zero-order valence-corrected chi connectivity index (χ0v) is 9.06. The van der Waals surface area contributed by atoms with Gasteiger partial charge in [-0.1, -0.05) is 48.6 Å². The molecule has 1 nitrogen and oxygen atoms in total. The lowest BCUT2D eigenvalue weighted by Gasteiger charge is -1.98. The molecule has 1 aromatic rings. The number of unbranched alkanes of at least 4 members (excludes halogenated alkanes) is 1. The van der Waals surface area contributed by atoms with Crippen molar-refractivity contribution in [2.75, 3.05) is 13.2 Å². The molecule has 1 heteroatoms. The fourth-order valence-electron chi connectivity index (χ4n) is 1.23. The summed E-state index contributed by atoms with van der Waals surface area (Å²) in [6.45, 7) is 5.16. The lowest BCUT2D eigenvalue weighted by Crippen LogP contribution is -1.93. The first-order valence-corrected chi connectivity index (χ1v) is 5.33. The zero-order chi connectivity index (χ0) is 10.8. The van der Waals surface area contributed by atoms with Gasteiger partial charge in [0.2, 0.25) is 0 Å². The van der Waals surface area contributed by atoms with E-state index in [1.807, 2.05) is 30.4 Å². The van der Waals surface area contributed by atoms with E-state index in [-0.39, 0.29) is 0 Å². The van der Waals surface area contributed by atoms with Gasteiger partial charge in [-0.25, -0.2) is 0 Å². The van der Waals surface area contributed by atoms with Gasteiger partial charge >= 0.3 is 0 Å². The molecule has 0 aromatic heterocycles. The van der Waals surface area contributed by atoms with Crippen LogP contribution in [0.4, 0.5) is 0 Å². The summed E-state index contributed by atoms with van der Waals surface area (Å²) in [5.74, 6) is 0. The fourth-order valence-corrected chi connectivity index (χ4v) is 1.23. The van der Waals surface area contributed by atoms with Crippen molar-refractivity contribution in [3.63, 3.8) is 0 Å². The molecule has 15 heavy (non-hydrogen) atoms. The lowest BCUT2D eigenvalue weighted by molar-refractivity contribution is 0.160. The van der Waals surface area contributed by atoms with Crippen LogP contribution >= 0.6 is 0 Å². The quantitative estimate of drug-likeness (QED) is 0.484. The highest BCUT2D eigenvalue weighted by Crippen LogP contribution is 2.00. The third-order valence-electron chi connectivity index (χ3n) is 2.02. The van der Waals surface area contributed by atoms with E-state index in [1.54, 1.807) is 0 Å². The highest BCUT2D eigenvalue weighted by Gasteiger charge is 1.85. The SMILES string of the molecule is C=CCCCOC/C=C/c1ccccc1. The molecule has 0 spiro atoms. The minimum atomic E-state index is 0.687. The minimum absolute atomic E-state index is 0.687. The van der Waals surface area contributed by atoms with E-state index in [0.717, 1.165) is 19.4 Å². The van der Waals surface area contributed by atoms with Crippen LogP contribution in [-0.4, -0.2) is 13.2 Å². The Morgan fingerprint density at radius 3 is 2.73 bits per heavy atom. The number of hydrogen-bond acceptors (Lipinski definition) is 1. The van der Waals surface area contributed by atoms with Crippen molar-refractivity contribution in [3.05, 3.63) is 54.6 Å². The van der Waals surface area contributed by atoms with Crippen molar-refractivity contribution < 1.29 is 4.74 Å². The van der Waals surface area contributed by atoms with Crippen LogP contribution in [0.5, 0.6) is 0 Å². The Hall–Kier alpha value is -1.34. The number of allylic oxidation sites excluding steroid dienone is 1. The van der Waals surface area contributed by atoms with Gasteiger partial charge in [-0.15, -0.1) is 6.58 Å². The van der Waals surface area contributed by atoms with Crippen LogP contribution in [0.25, 0.3) is 6.08 Å². The molecule has 0 radical (unpaired) electrons. The second-order valence-corrected chi connectivity index (χ2v) is 3.32. The maximum atomic E-state index is 5.42. The van der Waals surface area contributed by atoms with Crippen molar-refractivity contribution in [2.45, 2.75) is 12.8 Å². The second-order valence-electron chi connectivity index (χ2n) is 3.32. The van der Waals surface area contributed by atoms with Gasteiger partial charge in [-0.05, 0) is 18.4 Å². The van der Waals surface area contributed by atoms with E-state index in [2.05, 4.69) is 24.8 Å². The van der Waals surface area contributed by atoms with Crippen LogP contribution in [-0.2, 0) is 4.74 Å². The summed E-state index contributed by atoms with van der Waals surface area (Å²) in [5.41, 5.74) is 1.21. The van der Waals surface area contributed by atoms with Gasteiger partial charge in [0.1, 0.15) is 0 Å². The standard InChI is InChI=1S/C14H18O/c1-2-3-7-12-15-13-8-11-14-9-5-4-6-10-14/h2,4-6,8-11H,1,3,7,12-13H2/b11-8+. The second kappa shape index (κ2) is 8.01. The predicted octanol–water partition coefficient (Wildman–Crippen LogP) is 3.68. The van der Waals surface area contributed by atoms with Crippen LogP contribution in [0.3, 0.4) is 0 Å². The number of hydrogen-bond donors (Lipinski definition) is 0. The van der Waals surface area contributed by atoms with Crippen LogP contribution < -0.4 is 0 Å². The maximum Gasteiger partial charge on any atom is 0.0650 e. The fraction of sp³-hybridized carbons (Fsp3) is 0.286. The van der Waals surface area contributed by atoms with E-state index in [1.165, 1.54) is 5.56 Å². The largest absolute Gasteiger partial charge is 0.377 e. The van der Waals surface area contributed by atoms with Crippen LogP contribution in [0.1, 0.15) is 18.4 Å². The van der Waals surface area contributed by atoms with Crippen molar-refractivity contribution in [2.24, 2.45) is 0 Å². The molecule has 0 unspecified atom stereocenters. The highest BCUT2D eigenvalue weighted by atomic mass is 16.5. The zero-order valence-electron chi connectivity index (χ0n) is 9.06. The molecule has 0 amide bonds. The average molecular weight is 202 g/mol. The monoisotopic (exact) mass is 202 g/mol. The van der Waals surface area contributed by atoms with Gasteiger partial charge in [-0.3, -0.25) is 0 Å². The minimum Gasteiger partial charge on any atom is -0.377 e. The summed E-state index contributed by atoms with van der Waals surface area (Å²) >= 11 is 0. The van der Waals surface area contributed by atoms with Crippen LogP contribution in [0, 0.1) is 0 Å². The molecule has 0 saturated heterocycles. The Balaban J connectivity index is 2.10. The molecule has 80 valence electrons. The highest BCUT2D eigenvalue weighted by molar-refractivity contribution is 5.48.